The zero-order valence-corrected chi connectivity index (χ0v) is 16.8. The second kappa shape index (κ2) is 8.68. The molecule has 0 radical (unpaired) electrons. The molecule has 0 saturated carbocycles. The zero-order chi connectivity index (χ0) is 21.0. The molecule has 1 amide bonds. The fourth-order valence-corrected chi connectivity index (χ4v) is 2.83. The van der Waals surface area contributed by atoms with Crippen molar-refractivity contribution in [2.45, 2.75) is 26.9 Å². The number of carbonyl (C=O) groups is 2. The molecule has 0 aliphatic carbocycles. The van der Waals surface area contributed by atoms with Crippen molar-refractivity contribution in [3.8, 4) is 11.5 Å². The lowest BCUT2D eigenvalue weighted by Crippen LogP contribution is -2.30. The van der Waals surface area contributed by atoms with E-state index in [4.69, 9.17) is 18.6 Å². The first kappa shape index (κ1) is 20.3. The Morgan fingerprint density at radius 2 is 1.79 bits per heavy atom. The van der Waals surface area contributed by atoms with Crippen molar-refractivity contribution in [3.63, 3.8) is 0 Å². The van der Waals surface area contributed by atoms with Crippen molar-refractivity contribution in [3.05, 3.63) is 53.8 Å². The zero-order valence-electron chi connectivity index (χ0n) is 16.8. The summed E-state index contributed by atoms with van der Waals surface area (Å²) in [6.07, 6.45) is -1.00. The fraction of sp³-hybridized carbons (Fsp3) is 0.273. The van der Waals surface area contributed by atoms with E-state index in [0.29, 0.717) is 34.9 Å². The summed E-state index contributed by atoms with van der Waals surface area (Å²) in [7, 11) is 1.57. The van der Waals surface area contributed by atoms with E-state index in [1.165, 1.54) is 6.92 Å². The second-order valence-electron chi connectivity index (χ2n) is 6.41. The van der Waals surface area contributed by atoms with Crippen molar-refractivity contribution in [1.29, 1.82) is 0 Å². The van der Waals surface area contributed by atoms with Crippen LogP contribution in [0.1, 0.15) is 30.0 Å². The molecule has 0 fully saturated rings. The van der Waals surface area contributed by atoms with Crippen molar-refractivity contribution < 1.29 is 28.2 Å². The van der Waals surface area contributed by atoms with Crippen LogP contribution >= 0.6 is 0 Å². The molecule has 3 rings (SSSR count). The smallest absolute Gasteiger partial charge is 0.375 e. The maximum Gasteiger partial charge on any atom is 0.375 e. The van der Waals surface area contributed by atoms with Gasteiger partial charge in [-0.3, -0.25) is 4.79 Å². The van der Waals surface area contributed by atoms with E-state index < -0.39 is 18.0 Å². The summed E-state index contributed by atoms with van der Waals surface area (Å²) < 4.78 is 21.5. The van der Waals surface area contributed by atoms with Crippen LogP contribution in [0.3, 0.4) is 0 Å². The fourth-order valence-electron chi connectivity index (χ4n) is 2.83. The maximum atomic E-state index is 12.5. The number of amides is 1. The van der Waals surface area contributed by atoms with E-state index in [9.17, 15) is 9.59 Å². The predicted molar refractivity (Wildman–Crippen MR) is 109 cm³/mol. The highest BCUT2D eigenvalue weighted by Crippen LogP contribution is 2.29. The Bertz CT molecular complexity index is 1020. The molecule has 152 valence electrons. The molecule has 0 unspecified atom stereocenters. The molecule has 1 N–H and O–H groups in total. The molecular weight excluding hydrogens is 374 g/mol. The van der Waals surface area contributed by atoms with E-state index >= 15 is 0 Å². The van der Waals surface area contributed by atoms with Crippen LogP contribution < -0.4 is 14.8 Å². The summed E-state index contributed by atoms with van der Waals surface area (Å²) in [5.41, 5.74) is 1.75. The van der Waals surface area contributed by atoms with E-state index in [1.54, 1.807) is 56.5 Å². The summed E-state index contributed by atoms with van der Waals surface area (Å²) in [5.74, 6) is 0.283. The van der Waals surface area contributed by atoms with Crippen LogP contribution in [-0.2, 0) is 9.53 Å². The van der Waals surface area contributed by atoms with Crippen molar-refractivity contribution >= 4 is 28.5 Å². The first-order chi connectivity index (χ1) is 13.9. The molecular formula is C22H23NO6. The Morgan fingerprint density at radius 1 is 1.10 bits per heavy atom. The minimum atomic E-state index is -1.00. The number of hydrogen-bond acceptors (Lipinski definition) is 6. The third-order valence-electron chi connectivity index (χ3n) is 4.41. The third-order valence-corrected chi connectivity index (χ3v) is 4.41. The molecule has 3 aromatic rings. The summed E-state index contributed by atoms with van der Waals surface area (Å²) in [6.45, 7) is 5.72. The number of aryl methyl sites for hydroxylation is 1. The number of anilines is 1. The van der Waals surface area contributed by atoms with Crippen LogP contribution in [0.4, 0.5) is 5.69 Å². The largest absolute Gasteiger partial charge is 0.497 e. The third kappa shape index (κ3) is 4.51. The quantitative estimate of drug-likeness (QED) is 0.597. The monoisotopic (exact) mass is 397 g/mol. The lowest BCUT2D eigenvalue weighted by atomic mass is 10.1. The topological polar surface area (TPSA) is 87.0 Å². The predicted octanol–water partition coefficient (Wildman–Crippen LogP) is 4.33. The molecule has 0 aliphatic rings. The van der Waals surface area contributed by atoms with Gasteiger partial charge >= 0.3 is 5.97 Å². The van der Waals surface area contributed by atoms with E-state index in [1.807, 2.05) is 6.92 Å². The van der Waals surface area contributed by atoms with Crippen LogP contribution in [0.5, 0.6) is 11.5 Å². The van der Waals surface area contributed by atoms with Crippen LogP contribution in [0, 0.1) is 6.92 Å². The molecule has 1 heterocycles. The minimum absolute atomic E-state index is 0.0639. The van der Waals surface area contributed by atoms with Crippen LogP contribution in [0.15, 0.2) is 46.9 Å². The average molecular weight is 397 g/mol. The highest BCUT2D eigenvalue weighted by molar-refractivity contribution is 5.99. The standard InChI is InChI=1S/C22H23NO6/c1-5-27-16-8-6-15(7-9-16)23-21(24)14(3)28-22(25)20-13(2)18-12-17(26-4)10-11-19(18)29-20/h6-12,14H,5H2,1-4H3,(H,23,24)/t14-/m0/s1. The van der Waals surface area contributed by atoms with Crippen molar-refractivity contribution in [2.75, 3.05) is 19.0 Å². The molecule has 2 aromatic carbocycles. The number of nitrogens with one attached hydrogen (secondary N) is 1. The lowest BCUT2D eigenvalue weighted by molar-refractivity contribution is -0.123. The van der Waals surface area contributed by atoms with Gasteiger partial charge < -0.3 is 23.9 Å². The molecule has 29 heavy (non-hydrogen) atoms. The molecule has 0 bridgehead atoms. The van der Waals surface area contributed by atoms with Crippen LogP contribution in [-0.4, -0.2) is 31.7 Å². The summed E-state index contributed by atoms with van der Waals surface area (Å²) in [4.78, 5) is 24.9. The van der Waals surface area contributed by atoms with Gasteiger partial charge in [-0.15, -0.1) is 0 Å². The molecule has 1 aromatic heterocycles. The number of rotatable bonds is 7. The van der Waals surface area contributed by atoms with Gasteiger partial charge in [0.15, 0.2) is 6.10 Å². The van der Waals surface area contributed by atoms with E-state index in [2.05, 4.69) is 5.32 Å². The average Bonchev–Trinajstić information content (AvgIpc) is 3.05. The van der Waals surface area contributed by atoms with E-state index in [0.717, 1.165) is 5.39 Å². The maximum absolute atomic E-state index is 12.5. The van der Waals surface area contributed by atoms with Crippen LogP contribution in [0.2, 0.25) is 0 Å². The van der Waals surface area contributed by atoms with Gasteiger partial charge in [0.2, 0.25) is 5.76 Å². The summed E-state index contributed by atoms with van der Waals surface area (Å²) in [6, 6.07) is 12.2. The van der Waals surface area contributed by atoms with Crippen LogP contribution in [0.25, 0.3) is 11.0 Å². The van der Waals surface area contributed by atoms with Gasteiger partial charge in [-0.05, 0) is 63.2 Å². The molecule has 0 saturated heterocycles. The second-order valence-corrected chi connectivity index (χ2v) is 6.41. The van der Waals surface area contributed by atoms with Crippen molar-refractivity contribution in [1.82, 2.24) is 0 Å². The summed E-state index contributed by atoms with van der Waals surface area (Å²) >= 11 is 0. The van der Waals surface area contributed by atoms with Gasteiger partial charge in [0.1, 0.15) is 17.1 Å². The highest BCUT2D eigenvalue weighted by atomic mass is 16.6. The number of hydrogen-bond donors (Lipinski definition) is 1. The minimum Gasteiger partial charge on any atom is -0.497 e. The molecule has 0 aliphatic heterocycles. The molecule has 0 spiro atoms. The first-order valence-corrected chi connectivity index (χ1v) is 9.24. The molecule has 1 atom stereocenters. The first-order valence-electron chi connectivity index (χ1n) is 9.24. The van der Waals surface area contributed by atoms with E-state index in [-0.39, 0.29) is 5.76 Å². The number of ether oxygens (including phenoxy) is 3. The van der Waals surface area contributed by atoms with Gasteiger partial charge in [0.25, 0.3) is 5.91 Å². The Hall–Kier alpha value is -3.48. The highest BCUT2D eigenvalue weighted by Gasteiger charge is 2.24. The lowest BCUT2D eigenvalue weighted by Gasteiger charge is -2.13. The van der Waals surface area contributed by atoms with Gasteiger partial charge in [0.05, 0.1) is 13.7 Å². The Morgan fingerprint density at radius 3 is 2.45 bits per heavy atom. The number of benzene rings is 2. The molecule has 7 heteroatoms. The molecule has 7 nitrogen and oxygen atoms in total. The van der Waals surface area contributed by atoms with Crippen molar-refractivity contribution in [2.24, 2.45) is 0 Å². The number of fused-ring (bicyclic) bond motifs is 1. The Balaban J connectivity index is 1.67. The number of esters is 1. The van der Waals surface area contributed by atoms with Gasteiger partial charge in [0, 0.05) is 16.6 Å². The van der Waals surface area contributed by atoms with Gasteiger partial charge in [-0.2, -0.15) is 0 Å². The number of furan rings is 1. The SMILES string of the molecule is CCOc1ccc(NC(=O)[C@H](C)OC(=O)c2oc3ccc(OC)cc3c2C)cc1. The Kier molecular flexibility index (Phi) is 6.07. The Labute approximate surface area is 168 Å². The van der Waals surface area contributed by atoms with Gasteiger partial charge in [-0.1, -0.05) is 0 Å². The van der Waals surface area contributed by atoms with Gasteiger partial charge in [-0.25, -0.2) is 4.79 Å². The number of carbonyl (C=O) groups excluding carboxylic acids is 2. The summed E-state index contributed by atoms with van der Waals surface area (Å²) in [5, 5.41) is 3.46. The number of methoxy groups -OCH3 is 1. The normalized spacial score (nSPS) is 11.7.